The van der Waals surface area contributed by atoms with Gasteiger partial charge >= 0.3 is 0 Å². The number of nitrogens with zero attached hydrogens (tertiary/aromatic N) is 2. The highest BCUT2D eigenvalue weighted by Gasteiger charge is 2.14. The van der Waals surface area contributed by atoms with Gasteiger partial charge in [-0.15, -0.1) is 0 Å². The zero-order valence-electron chi connectivity index (χ0n) is 10.5. The molecule has 0 unspecified atom stereocenters. The number of benzene rings is 1. The first-order valence-corrected chi connectivity index (χ1v) is 6.36. The van der Waals surface area contributed by atoms with E-state index in [0.717, 1.165) is 17.8 Å². The molecule has 0 radical (unpaired) electrons. The van der Waals surface area contributed by atoms with Crippen LogP contribution in [0.5, 0.6) is 0 Å². The molecule has 0 saturated heterocycles. The molecule has 0 aliphatic carbocycles. The molecule has 2 rings (SSSR count). The maximum Gasteiger partial charge on any atom is 0.171 e. The molecule has 4 nitrogen and oxygen atoms in total. The van der Waals surface area contributed by atoms with Crippen molar-refractivity contribution in [1.29, 1.82) is 0 Å². The predicted octanol–water partition coefficient (Wildman–Crippen LogP) is 2.70. The van der Waals surface area contributed by atoms with Crippen LogP contribution in [0.4, 0.5) is 0 Å². The Bertz CT molecular complexity index is 504. The van der Waals surface area contributed by atoms with Crippen molar-refractivity contribution in [3.05, 3.63) is 46.5 Å². The van der Waals surface area contributed by atoms with Crippen LogP contribution in [0.3, 0.4) is 0 Å². The summed E-state index contributed by atoms with van der Waals surface area (Å²) in [7, 11) is 0. The van der Waals surface area contributed by atoms with Crippen molar-refractivity contribution >= 4 is 11.6 Å². The van der Waals surface area contributed by atoms with Crippen LogP contribution < -0.4 is 5.73 Å². The Balaban J connectivity index is 2.15. The Morgan fingerprint density at radius 3 is 2.56 bits per heavy atom. The number of nitrogens with two attached hydrogens (primary N) is 1. The van der Waals surface area contributed by atoms with E-state index in [2.05, 4.69) is 29.0 Å². The summed E-state index contributed by atoms with van der Waals surface area (Å²) in [5.74, 6) is 2.04. The molecule has 1 aromatic carbocycles. The van der Waals surface area contributed by atoms with Crippen LogP contribution in [-0.2, 0) is 6.42 Å². The van der Waals surface area contributed by atoms with Gasteiger partial charge in [-0.05, 0) is 23.6 Å². The second-order valence-electron chi connectivity index (χ2n) is 4.77. The number of H-pyrrole nitrogens is 1. The summed E-state index contributed by atoms with van der Waals surface area (Å²) in [4.78, 5) is 4.42. The van der Waals surface area contributed by atoms with Crippen molar-refractivity contribution in [1.82, 2.24) is 15.2 Å². The highest BCUT2D eigenvalue weighted by molar-refractivity contribution is 6.30. The lowest BCUT2D eigenvalue weighted by Crippen LogP contribution is -2.13. The lowest BCUT2D eigenvalue weighted by Gasteiger charge is -2.07. The van der Waals surface area contributed by atoms with Crippen LogP contribution in [0.2, 0.25) is 5.02 Å². The van der Waals surface area contributed by atoms with Gasteiger partial charge in [-0.3, -0.25) is 5.10 Å². The van der Waals surface area contributed by atoms with E-state index in [0.29, 0.717) is 16.8 Å². The van der Waals surface area contributed by atoms with Gasteiger partial charge < -0.3 is 5.73 Å². The second kappa shape index (κ2) is 5.50. The van der Waals surface area contributed by atoms with Gasteiger partial charge in [-0.1, -0.05) is 37.6 Å². The third-order valence-electron chi connectivity index (χ3n) is 2.66. The third kappa shape index (κ3) is 3.09. The lowest BCUT2D eigenvalue weighted by atomic mass is 10.1. The average Bonchev–Trinajstić information content (AvgIpc) is 2.76. The highest BCUT2D eigenvalue weighted by Crippen LogP contribution is 2.19. The Morgan fingerprint density at radius 1 is 1.28 bits per heavy atom. The zero-order valence-corrected chi connectivity index (χ0v) is 11.3. The number of hydrogen-bond acceptors (Lipinski definition) is 3. The van der Waals surface area contributed by atoms with E-state index in [1.54, 1.807) is 0 Å². The predicted molar refractivity (Wildman–Crippen MR) is 72.4 cm³/mol. The SMILES string of the molecule is CC(C)Cc1nc([C@H](N)c2ccc(Cl)cc2)n[nH]1. The molecular weight excluding hydrogens is 248 g/mol. The minimum atomic E-state index is -0.320. The molecule has 96 valence electrons. The summed E-state index contributed by atoms with van der Waals surface area (Å²) in [5.41, 5.74) is 7.08. The van der Waals surface area contributed by atoms with E-state index < -0.39 is 0 Å². The Labute approximate surface area is 112 Å². The van der Waals surface area contributed by atoms with Gasteiger partial charge in [-0.25, -0.2) is 4.98 Å². The molecule has 3 N–H and O–H groups in total. The van der Waals surface area contributed by atoms with Crippen LogP contribution in [-0.4, -0.2) is 15.2 Å². The summed E-state index contributed by atoms with van der Waals surface area (Å²) < 4.78 is 0. The molecule has 1 heterocycles. The quantitative estimate of drug-likeness (QED) is 0.892. The maximum atomic E-state index is 6.12. The van der Waals surface area contributed by atoms with Gasteiger partial charge in [0.15, 0.2) is 5.82 Å². The molecule has 0 aliphatic rings. The Morgan fingerprint density at radius 2 is 1.94 bits per heavy atom. The third-order valence-corrected chi connectivity index (χ3v) is 2.91. The Hall–Kier alpha value is -1.39. The van der Waals surface area contributed by atoms with E-state index in [1.165, 1.54) is 0 Å². The van der Waals surface area contributed by atoms with Crippen LogP contribution in [0, 0.1) is 5.92 Å². The molecule has 0 bridgehead atoms. The summed E-state index contributed by atoms with van der Waals surface area (Å²) in [6.45, 7) is 4.28. The van der Waals surface area contributed by atoms with E-state index in [1.807, 2.05) is 24.3 Å². The van der Waals surface area contributed by atoms with Gasteiger partial charge in [-0.2, -0.15) is 5.10 Å². The fraction of sp³-hybridized carbons (Fsp3) is 0.385. The van der Waals surface area contributed by atoms with E-state index in [-0.39, 0.29) is 6.04 Å². The number of hydrogen-bond donors (Lipinski definition) is 2. The van der Waals surface area contributed by atoms with Crippen LogP contribution >= 0.6 is 11.6 Å². The van der Waals surface area contributed by atoms with Gasteiger partial charge in [0, 0.05) is 11.4 Å². The molecular formula is C13H17ClN4. The summed E-state index contributed by atoms with van der Waals surface area (Å²) in [6, 6.07) is 7.10. The van der Waals surface area contributed by atoms with Gasteiger partial charge in [0.1, 0.15) is 5.82 Å². The smallest absolute Gasteiger partial charge is 0.171 e. The lowest BCUT2D eigenvalue weighted by molar-refractivity contribution is 0.622. The van der Waals surface area contributed by atoms with Gasteiger partial charge in [0.25, 0.3) is 0 Å². The minimum Gasteiger partial charge on any atom is -0.318 e. The topological polar surface area (TPSA) is 67.6 Å². The molecule has 1 atom stereocenters. The van der Waals surface area contributed by atoms with Crippen LogP contribution in [0.25, 0.3) is 0 Å². The fourth-order valence-corrected chi connectivity index (χ4v) is 1.87. The maximum absolute atomic E-state index is 6.12. The van der Waals surface area contributed by atoms with Gasteiger partial charge in [0.2, 0.25) is 0 Å². The molecule has 2 aromatic rings. The second-order valence-corrected chi connectivity index (χ2v) is 5.20. The molecule has 0 amide bonds. The number of nitrogens with one attached hydrogen (secondary N) is 1. The van der Waals surface area contributed by atoms with E-state index in [4.69, 9.17) is 17.3 Å². The highest BCUT2D eigenvalue weighted by atomic mass is 35.5. The molecule has 18 heavy (non-hydrogen) atoms. The van der Waals surface area contributed by atoms with Crippen molar-refractivity contribution < 1.29 is 0 Å². The Kier molecular flexibility index (Phi) is 3.99. The van der Waals surface area contributed by atoms with Crippen LogP contribution in [0.15, 0.2) is 24.3 Å². The summed E-state index contributed by atoms with van der Waals surface area (Å²) in [5, 5.41) is 7.80. The van der Waals surface area contributed by atoms with Gasteiger partial charge in [0.05, 0.1) is 6.04 Å². The van der Waals surface area contributed by atoms with E-state index >= 15 is 0 Å². The number of aromatic nitrogens is 3. The zero-order chi connectivity index (χ0) is 13.1. The normalized spacial score (nSPS) is 12.9. The average molecular weight is 265 g/mol. The van der Waals surface area contributed by atoms with E-state index in [9.17, 15) is 0 Å². The summed E-state index contributed by atoms with van der Waals surface area (Å²) >= 11 is 5.85. The van der Waals surface area contributed by atoms with Crippen LogP contribution in [0.1, 0.15) is 37.1 Å². The molecule has 1 aromatic heterocycles. The molecule has 0 spiro atoms. The van der Waals surface area contributed by atoms with Crippen molar-refractivity contribution in [2.75, 3.05) is 0 Å². The molecule has 5 heteroatoms. The first-order valence-electron chi connectivity index (χ1n) is 5.98. The number of aromatic amines is 1. The summed E-state index contributed by atoms with van der Waals surface area (Å²) in [6.07, 6.45) is 0.875. The largest absolute Gasteiger partial charge is 0.318 e. The minimum absolute atomic E-state index is 0.320. The standard InChI is InChI=1S/C13H17ClN4/c1-8(2)7-11-16-13(18-17-11)12(15)9-3-5-10(14)6-4-9/h3-6,8,12H,7,15H2,1-2H3,(H,16,17,18)/t12-/m1/s1. The number of rotatable bonds is 4. The van der Waals surface area contributed by atoms with Crippen molar-refractivity contribution in [2.24, 2.45) is 11.7 Å². The fourth-order valence-electron chi connectivity index (χ4n) is 1.75. The molecule has 0 fully saturated rings. The van der Waals surface area contributed by atoms with Crippen molar-refractivity contribution in [2.45, 2.75) is 26.3 Å². The number of halogens is 1. The van der Waals surface area contributed by atoms with Crippen molar-refractivity contribution in [3.8, 4) is 0 Å². The first-order chi connectivity index (χ1) is 8.56. The van der Waals surface area contributed by atoms with Crippen molar-refractivity contribution in [3.63, 3.8) is 0 Å². The molecule has 0 saturated carbocycles. The first kappa shape index (κ1) is 13.1. The monoisotopic (exact) mass is 264 g/mol. The molecule has 0 aliphatic heterocycles.